The number of hydrogen-bond acceptors (Lipinski definition) is 3. The topological polar surface area (TPSA) is 50.7 Å². The second-order valence-corrected chi connectivity index (χ2v) is 6.84. The van der Waals surface area contributed by atoms with E-state index in [2.05, 4.69) is 5.10 Å². The first kappa shape index (κ1) is 21.3. The van der Waals surface area contributed by atoms with Gasteiger partial charge in [0.25, 0.3) is 5.91 Å². The third kappa shape index (κ3) is 4.85. The van der Waals surface area contributed by atoms with Crippen LogP contribution in [-0.2, 0) is 10.2 Å². The van der Waals surface area contributed by atoms with Gasteiger partial charge in [-0.2, -0.15) is 5.10 Å². The molecule has 4 nitrogen and oxygen atoms in total. The van der Waals surface area contributed by atoms with Crippen molar-refractivity contribution in [3.05, 3.63) is 64.5 Å². The van der Waals surface area contributed by atoms with Crippen molar-refractivity contribution in [3.8, 4) is 5.75 Å². The molecule has 0 bridgehead atoms. The normalized spacial score (nSPS) is 11.7. The number of carbonyl (C=O) groups excluding carboxylic acids is 1. The molecule has 2 aromatic carbocycles. The van der Waals surface area contributed by atoms with E-state index in [0.717, 1.165) is 5.56 Å². The Balaban J connectivity index is 1.96. The fourth-order valence-electron chi connectivity index (χ4n) is 2.14. The van der Waals surface area contributed by atoms with Crippen molar-refractivity contribution >= 4 is 12.1 Å². The van der Waals surface area contributed by atoms with Crippen LogP contribution in [0.4, 0.5) is 22.0 Å². The molecule has 1 N–H and O–H groups in total. The predicted molar refractivity (Wildman–Crippen MR) is 92.6 cm³/mol. The Labute approximate surface area is 158 Å². The number of nitrogens with zero attached hydrogens (tertiary/aromatic N) is 1. The highest BCUT2D eigenvalue weighted by molar-refractivity contribution is 5.83. The molecular formula is C19H17F5N2O2. The summed E-state index contributed by atoms with van der Waals surface area (Å²) in [5.74, 6) is -11.0. The minimum Gasteiger partial charge on any atom is -0.484 e. The number of rotatable bonds is 5. The van der Waals surface area contributed by atoms with Gasteiger partial charge >= 0.3 is 0 Å². The van der Waals surface area contributed by atoms with Gasteiger partial charge < -0.3 is 4.74 Å². The Kier molecular flexibility index (Phi) is 6.37. The van der Waals surface area contributed by atoms with Crippen LogP contribution in [0.3, 0.4) is 0 Å². The summed E-state index contributed by atoms with van der Waals surface area (Å²) in [6, 6.07) is 7.03. The molecule has 0 fully saturated rings. The van der Waals surface area contributed by atoms with E-state index < -0.39 is 47.2 Å². The van der Waals surface area contributed by atoms with Crippen LogP contribution in [-0.4, -0.2) is 18.7 Å². The van der Waals surface area contributed by atoms with Crippen molar-refractivity contribution in [2.24, 2.45) is 5.10 Å². The Morgan fingerprint density at radius 3 is 1.96 bits per heavy atom. The fourth-order valence-corrected chi connectivity index (χ4v) is 2.14. The third-order valence-corrected chi connectivity index (χ3v) is 3.72. The Morgan fingerprint density at radius 2 is 1.46 bits per heavy atom. The summed E-state index contributed by atoms with van der Waals surface area (Å²) in [5, 5.41) is 3.19. The Bertz CT molecular complexity index is 877. The Hall–Kier alpha value is -2.97. The first-order chi connectivity index (χ1) is 13.0. The molecule has 2 rings (SSSR count). The number of benzene rings is 2. The monoisotopic (exact) mass is 400 g/mol. The average molecular weight is 400 g/mol. The van der Waals surface area contributed by atoms with Gasteiger partial charge in [-0.1, -0.05) is 32.9 Å². The molecule has 0 aliphatic heterocycles. The number of carbonyl (C=O) groups is 1. The lowest BCUT2D eigenvalue weighted by molar-refractivity contribution is -0.123. The zero-order chi connectivity index (χ0) is 21.1. The van der Waals surface area contributed by atoms with E-state index in [1.807, 2.05) is 38.3 Å². The molecule has 0 aliphatic carbocycles. The van der Waals surface area contributed by atoms with Gasteiger partial charge in [0, 0.05) is 0 Å². The standard InChI is InChI=1S/C19H17F5N2O2/c1-19(2,3)10-4-6-11(7-5-10)28-9-13(27)26-25-8-12-14(20)16(22)18(24)17(23)15(12)21/h4-8H,9H2,1-3H3,(H,26,27)/b25-8-. The zero-order valence-corrected chi connectivity index (χ0v) is 15.2. The molecule has 28 heavy (non-hydrogen) atoms. The van der Waals surface area contributed by atoms with E-state index >= 15 is 0 Å². The summed E-state index contributed by atoms with van der Waals surface area (Å²) >= 11 is 0. The van der Waals surface area contributed by atoms with E-state index in [-0.39, 0.29) is 5.41 Å². The van der Waals surface area contributed by atoms with Crippen LogP contribution in [0.25, 0.3) is 0 Å². The smallest absolute Gasteiger partial charge is 0.277 e. The van der Waals surface area contributed by atoms with E-state index in [4.69, 9.17) is 4.74 Å². The molecule has 150 valence electrons. The van der Waals surface area contributed by atoms with Gasteiger partial charge in [-0.25, -0.2) is 27.4 Å². The molecular weight excluding hydrogens is 383 g/mol. The molecule has 0 saturated carbocycles. The predicted octanol–water partition coefficient (Wildman–Crippen LogP) is 4.21. The summed E-state index contributed by atoms with van der Waals surface area (Å²) in [7, 11) is 0. The Morgan fingerprint density at radius 1 is 0.964 bits per heavy atom. The van der Waals surface area contributed by atoms with Crippen molar-refractivity contribution in [3.63, 3.8) is 0 Å². The van der Waals surface area contributed by atoms with E-state index in [9.17, 15) is 26.7 Å². The lowest BCUT2D eigenvalue weighted by Crippen LogP contribution is -2.24. The second-order valence-electron chi connectivity index (χ2n) is 6.84. The van der Waals surface area contributed by atoms with E-state index in [0.29, 0.717) is 12.0 Å². The minimum absolute atomic E-state index is 0.0472. The van der Waals surface area contributed by atoms with Crippen molar-refractivity contribution in [1.29, 1.82) is 0 Å². The van der Waals surface area contributed by atoms with Crippen LogP contribution < -0.4 is 10.2 Å². The van der Waals surface area contributed by atoms with Crippen LogP contribution in [0, 0.1) is 29.1 Å². The van der Waals surface area contributed by atoms with Crippen LogP contribution in [0.1, 0.15) is 31.9 Å². The largest absolute Gasteiger partial charge is 0.484 e. The molecule has 0 unspecified atom stereocenters. The fraction of sp³-hybridized carbons (Fsp3) is 0.263. The summed E-state index contributed by atoms with van der Waals surface area (Å²) in [6.07, 6.45) is 0.326. The molecule has 0 spiro atoms. The summed E-state index contributed by atoms with van der Waals surface area (Å²) in [4.78, 5) is 11.6. The van der Waals surface area contributed by atoms with Crippen LogP contribution in [0.5, 0.6) is 5.75 Å². The third-order valence-electron chi connectivity index (χ3n) is 3.72. The highest BCUT2D eigenvalue weighted by Crippen LogP contribution is 2.24. The first-order valence-electron chi connectivity index (χ1n) is 8.09. The number of nitrogens with one attached hydrogen (secondary N) is 1. The van der Waals surface area contributed by atoms with E-state index in [1.165, 1.54) is 0 Å². The second kappa shape index (κ2) is 8.37. The van der Waals surface area contributed by atoms with Gasteiger partial charge in [-0.05, 0) is 23.1 Å². The number of hydrogen-bond donors (Lipinski definition) is 1. The van der Waals surface area contributed by atoms with Crippen LogP contribution in [0.15, 0.2) is 29.4 Å². The van der Waals surface area contributed by atoms with Gasteiger partial charge in [-0.3, -0.25) is 4.79 Å². The molecule has 0 radical (unpaired) electrons. The number of halogens is 5. The average Bonchev–Trinajstić information content (AvgIpc) is 2.65. The maximum Gasteiger partial charge on any atom is 0.277 e. The number of hydrazone groups is 1. The van der Waals surface area contributed by atoms with Gasteiger partial charge in [0.05, 0.1) is 11.8 Å². The van der Waals surface area contributed by atoms with Gasteiger partial charge in [-0.15, -0.1) is 0 Å². The van der Waals surface area contributed by atoms with Gasteiger partial charge in [0.2, 0.25) is 5.82 Å². The minimum atomic E-state index is -2.28. The summed E-state index contributed by atoms with van der Waals surface area (Å²) < 4.78 is 71.2. The highest BCUT2D eigenvalue weighted by Gasteiger charge is 2.24. The number of ether oxygens (including phenoxy) is 1. The van der Waals surface area contributed by atoms with Crippen molar-refractivity contribution in [2.45, 2.75) is 26.2 Å². The summed E-state index contributed by atoms with van der Waals surface area (Å²) in [5.41, 5.74) is 1.63. The number of amides is 1. The lowest BCUT2D eigenvalue weighted by Gasteiger charge is -2.19. The maximum absolute atomic E-state index is 13.5. The van der Waals surface area contributed by atoms with E-state index in [1.54, 1.807) is 12.1 Å². The van der Waals surface area contributed by atoms with Crippen LogP contribution >= 0.6 is 0 Å². The molecule has 0 saturated heterocycles. The lowest BCUT2D eigenvalue weighted by atomic mass is 9.87. The van der Waals surface area contributed by atoms with Gasteiger partial charge in [0.1, 0.15) is 5.75 Å². The molecule has 1 amide bonds. The van der Waals surface area contributed by atoms with Crippen molar-refractivity contribution in [2.75, 3.05) is 6.61 Å². The van der Waals surface area contributed by atoms with Crippen molar-refractivity contribution in [1.82, 2.24) is 5.43 Å². The summed E-state index contributed by atoms with van der Waals surface area (Å²) in [6.45, 7) is 5.65. The quantitative estimate of drug-likeness (QED) is 0.269. The highest BCUT2D eigenvalue weighted by atomic mass is 19.2. The first-order valence-corrected chi connectivity index (χ1v) is 8.09. The SMILES string of the molecule is CC(C)(C)c1ccc(OCC(=O)N/N=C\c2c(F)c(F)c(F)c(F)c2F)cc1. The molecule has 2 aromatic rings. The van der Waals surface area contributed by atoms with Gasteiger partial charge in [0.15, 0.2) is 29.9 Å². The molecule has 9 heteroatoms. The van der Waals surface area contributed by atoms with Crippen molar-refractivity contribution < 1.29 is 31.5 Å². The zero-order valence-electron chi connectivity index (χ0n) is 15.2. The van der Waals surface area contributed by atoms with Crippen LogP contribution in [0.2, 0.25) is 0 Å². The molecule has 0 atom stereocenters. The molecule has 0 aromatic heterocycles. The maximum atomic E-state index is 13.5. The molecule has 0 heterocycles. The molecule has 0 aliphatic rings.